The number of rotatable bonds is 6. The average molecular weight is 264 g/mol. The summed E-state index contributed by atoms with van der Waals surface area (Å²) in [5.41, 5.74) is 5.61. The fraction of sp³-hybridized carbons (Fsp3) is 0.333. The molecule has 0 spiro atoms. The monoisotopic (exact) mass is 264 g/mol. The molecule has 0 unspecified atom stereocenters. The first-order valence-electron chi connectivity index (χ1n) is 5.48. The summed E-state index contributed by atoms with van der Waals surface area (Å²) in [4.78, 5) is 16.4. The number of hydrogen-bond acceptors (Lipinski definition) is 3. The minimum atomic E-state index is -0.240. The van der Waals surface area contributed by atoms with Gasteiger partial charge in [-0.25, -0.2) is 4.99 Å². The van der Waals surface area contributed by atoms with Crippen LogP contribution in [0.3, 0.4) is 0 Å². The topological polar surface area (TPSA) is 79.5 Å². The molecule has 1 aromatic heterocycles. The lowest BCUT2D eigenvalue weighted by atomic mass is 10.3. The van der Waals surface area contributed by atoms with Gasteiger partial charge in [-0.15, -0.1) is 17.8 Å². The molecule has 0 radical (unpaired) electrons. The first-order chi connectivity index (χ1) is 8.72. The molecular weight excluding hydrogens is 248 g/mol. The number of nitrogens with one attached hydrogen (secondary N) is 2. The fourth-order valence-electron chi connectivity index (χ4n) is 1.19. The lowest BCUT2D eigenvalue weighted by Gasteiger charge is -2.04. The van der Waals surface area contributed by atoms with E-state index in [0.717, 1.165) is 6.42 Å². The SMILES string of the molecule is C#CCNC(=O)CN=C(N)NCCc1cccs1. The van der Waals surface area contributed by atoms with Gasteiger partial charge in [-0.1, -0.05) is 12.0 Å². The van der Waals surface area contributed by atoms with E-state index in [1.54, 1.807) is 11.3 Å². The Morgan fingerprint density at radius 3 is 3.06 bits per heavy atom. The minimum absolute atomic E-state index is 0.0144. The van der Waals surface area contributed by atoms with Gasteiger partial charge in [-0.2, -0.15) is 0 Å². The minimum Gasteiger partial charge on any atom is -0.370 e. The maximum atomic E-state index is 11.2. The zero-order valence-electron chi connectivity index (χ0n) is 9.98. The van der Waals surface area contributed by atoms with Crippen LogP contribution in [0.25, 0.3) is 0 Å². The number of thiophene rings is 1. The predicted octanol–water partition coefficient (Wildman–Crippen LogP) is -0.0557. The number of amides is 1. The van der Waals surface area contributed by atoms with Crippen LogP contribution in [0.2, 0.25) is 0 Å². The molecule has 96 valence electrons. The maximum Gasteiger partial charge on any atom is 0.242 e. The summed E-state index contributed by atoms with van der Waals surface area (Å²) >= 11 is 1.70. The quantitative estimate of drug-likeness (QED) is 0.383. The molecule has 0 saturated heterocycles. The van der Waals surface area contributed by atoms with Crippen molar-refractivity contribution in [1.82, 2.24) is 10.6 Å². The van der Waals surface area contributed by atoms with Gasteiger partial charge >= 0.3 is 0 Å². The number of hydrogen-bond donors (Lipinski definition) is 3. The van der Waals surface area contributed by atoms with E-state index in [1.165, 1.54) is 4.88 Å². The number of nitrogens with zero attached hydrogens (tertiary/aromatic N) is 1. The van der Waals surface area contributed by atoms with Gasteiger partial charge in [0.15, 0.2) is 5.96 Å². The van der Waals surface area contributed by atoms with Gasteiger partial charge < -0.3 is 16.4 Å². The molecule has 0 aliphatic carbocycles. The van der Waals surface area contributed by atoms with Crippen molar-refractivity contribution in [3.05, 3.63) is 22.4 Å². The van der Waals surface area contributed by atoms with E-state index < -0.39 is 0 Å². The van der Waals surface area contributed by atoms with Crippen LogP contribution in [0.4, 0.5) is 0 Å². The number of terminal acetylenes is 1. The van der Waals surface area contributed by atoms with Gasteiger partial charge in [-0.05, 0) is 17.9 Å². The van der Waals surface area contributed by atoms with E-state index in [1.807, 2.05) is 11.4 Å². The Bertz CT molecular complexity index is 433. The second-order valence-electron chi connectivity index (χ2n) is 3.44. The van der Waals surface area contributed by atoms with Crippen LogP contribution in [-0.4, -0.2) is 31.5 Å². The Labute approximate surface area is 110 Å². The molecule has 1 amide bonds. The largest absolute Gasteiger partial charge is 0.370 e. The highest BCUT2D eigenvalue weighted by atomic mass is 32.1. The van der Waals surface area contributed by atoms with E-state index >= 15 is 0 Å². The summed E-state index contributed by atoms with van der Waals surface area (Å²) in [6.07, 6.45) is 5.89. The third-order valence-corrected chi connectivity index (χ3v) is 2.97. The molecule has 5 nitrogen and oxygen atoms in total. The standard InChI is InChI=1S/C12H16N4OS/c1-2-6-14-11(17)9-16-12(13)15-7-5-10-4-3-8-18-10/h1,3-4,8H,5-7,9H2,(H,14,17)(H3,13,15,16). The Hall–Kier alpha value is -2.00. The molecule has 4 N–H and O–H groups in total. The van der Waals surface area contributed by atoms with Crippen LogP contribution in [0, 0.1) is 12.3 Å². The van der Waals surface area contributed by atoms with Crippen LogP contribution in [0.5, 0.6) is 0 Å². The average Bonchev–Trinajstić information content (AvgIpc) is 2.87. The zero-order valence-corrected chi connectivity index (χ0v) is 10.8. The van der Waals surface area contributed by atoms with Crippen molar-refractivity contribution in [3.8, 4) is 12.3 Å². The van der Waals surface area contributed by atoms with E-state index in [4.69, 9.17) is 12.2 Å². The molecule has 0 atom stereocenters. The summed E-state index contributed by atoms with van der Waals surface area (Å²) in [5.74, 6) is 2.34. The molecule has 1 rings (SSSR count). The van der Waals surface area contributed by atoms with Crippen LogP contribution in [-0.2, 0) is 11.2 Å². The molecule has 0 fully saturated rings. The predicted molar refractivity (Wildman–Crippen MR) is 74.4 cm³/mol. The molecule has 18 heavy (non-hydrogen) atoms. The number of aliphatic imine (C=N–C) groups is 1. The van der Waals surface area contributed by atoms with Crippen molar-refractivity contribution in [2.75, 3.05) is 19.6 Å². The van der Waals surface area contributed by atoms with Gasteiger partial charge in [-0.3, -0.25) is 4.79 Å². The molecule has 6 heteroatoms. The fourth-order valence-corrected chi connectivity index (χ4v) is 1.90. The lowest BCUT2D eigenvalue weighted by Crippen LogP contribution is -2.35. The van der Waals surface area contributed by atoms with Crippen molar-refractivity contribution in [2.24, 2.45) is 10.7 Å². The highest BCUT2D eigenvalue weighted by Crippen LogP contribution is 2.07. The van der Waals surface area contributed by atoms with Crippen LogP contribution in [0.1, 0.15) is 4.88 Å². The Balaban J connectivity index is 2.17. The molecular formula is C12H16N4OS. The number of carbonyl (C=O) groups excluding carboxylic acids is 1. The van der Waals surface area contributed by atoms with Crippen molar-refractivity contribution in [3.63, 3.8) is 0 Å². The molecule has 0 bridgehead atoms. The number of nitrogens with two attached hydrogens (primary N) is 1. The third-order valence-electron chi connectivity index (χ3n) is 2.04. The molecule has 0 aliphatic rings. The third kappa shape index (κ3) is 5.92. The number of guanidine groups is 1. The summed E-state index contributed by atoms with van der Waals surface area (Å²) in [7, 11) is 0. The van der Waals surface area contributed by atoms with Crippen molar-refractivity contribution in [1.29, 1.82) is 0 Å². The zero-order chi connectivity index (χ0) is 13.2. The van der Waals surface area contributed by atoms with Gasteiger partial charge in [0.2, 0.25) is 5.91 Å². The highest BCUT2D eigenvalue weighted by Gasteiger charge is 1.99. The molecule has 1 heterocycles. The first-order valence-corrected chi connectivity index (χ1v) is 6.36. The maximum absolute atomic E-state index is 11.2. The highest BCUT2D eigenvalue weighted by molar-refractivity contribution is 7.09. The van der Waals surface area contributed by atoms with Crippen LogP contribution in [0.15, 0.2) is 22.5 Å². The first kappa shape index (κ1) is 14.1. The van der Waals surface area contributed by atoms with Crippen molar-refractivity contribution < 1.29 is 4.79 Å². The van der Waals surface area contributed by atoms with Crippen LogP contribution >= 0.6 is 11.3 Å². The van der Waals surface area contributed by atoms with E-state index in [2.05, 4.69) is 27.6 Å². The van der Waals surface area contributed by atoms with Crippen LogP contribution < -0.4 is 16.4 Å². The molecule has 0 saturated carbocycles. The Kier molecular flexibility index (Phi) is 6.36. The number of carbonyl (C=O) groups is 1. The smallest absolute Gasteiger partial charge is 0.242 e. The molecule has 0 aliphatic heterocycles. The van der Waals surface area contributed by atoms with E-state index in [-0.39, 0.29) is 25.0 Å². The van der Waals surface area contributed by atoms with E-state index in [9.17, 15) is 4.79 Å². The summed E-state index contributed by atoms with van der Waals surface area (Å²) in [6, 6.07) is 4.07. The lowest BCUT2D eigenvalue weighted by molar-refractivity contribution is -0.119. The summed E-state index contributed by atoms with van der Waals surface area (Å²) in [5, 5.41) is 7.48. The summed E-state index contributed by atoms with van der Waals surface area (Å²) < 4.78 is 0. The van der Waals surface area contributed by atoms with Crippen molar-refractivity contribution in [2.45, 2.75) is 6.42 Å². The van der Waals surface area contributed by atoms with Gasteiger partial charge in [0.05, 0.1) is 6.54 Å². The van der Waals surface area contributed by atoms with E-state index in [0.29, 0.717) is 6.54 Å². The van der Waals surface area contributed by atoms with Gasteiger partial charge in [0.1, 0.15) is 6.54 Å². The normalized spacial score (nSPS) is 10.7. The van der Waals surface area contributed by atoms with Crippen molar-refractivity contribution >= 4 is 23.2 Å². The van der Waals surface area contributed by atoms with Gasteiger partial charge in [0.25, 0.3) is 0 Å². The summed E-state index contributed by atoms with van der Waals surface area (Å²) in [6.45, 7) is 0.890. The molecule has 1 aromatic rings. The molecule has 0 aromatic carbocycles. The second-order valence-corrected chi connectivity index (χ2v) is 4.47. The van der Waals surface area contributed by atoms with Gasteiger partial charge in [0, 0.05) is 11.4 Å². The Morgan fingerprint density at radius 2 is 2.39 bits per heavy atom. The Morgan fingerprint density at radius 1 is 1.56 bits per heavy atom. The second kappa shape index (κ2) is 8.14.